The van der Waals surface area contributed by atoms with Crippen LogP contribution in [-0.4, -0.2) is 36.0 Å². The van der Waals surface area contributed by atoms with Crippen molar-refractivity contribution < 1.29 is 28.2 Å². The van der Waals surface area contributed by atoms with Crippen LogP contribution in [-0.2, 0) is 23.9 Å². The Morgan fingerprint density at radius 2 is 1.79 bits per heavy atom. The first-order chi connectivity index (χ1) is 13.3. The zero-order valence-electron chi connectivity index (χ0n) is 15.0. The van der Waals surface area contributed by atoms with E-state index >= 15 is 0 Å². The van der Waals surface area contributed by atoms with Gasteiger partial charge in [0.1, 0.15) is 5.82 Å². The second kappa shape index (κ2) is 8.36. The first-order valence-electron chi connectivity index (χ1n) is 8.77. The van der Waals surface area contributed by atoms with Crippen LogP contribution in [0.1, 0.15) is 38.2 Å². The molecule has 2 amide bonds. The number of ether oxygens (including phenoxy) is 2. The summed E-state index contributed by atoms with van der Waals surface area (Å²) in [6.45, 7) is 1.40. The molecule has 1 aromatic rings. The summed E-state index contributed by atoms with van der Waals surface area (Å²) in [5, 5.41) is -0.233. The van der Waals surface area contributed by atoms with Crippen molar-refractivity contribution in [3.8, 4) is 0 Å². The number of nitrogens with zero attached hydrogens (tertiary/aromatic N) is 1. The number of hydrogen-bond acceptors (Lipinski definition) is 6. The van der Waals surface area contributed by atoms with Crippen LogP contribution in [0.15, 0.2) is 23.3 Å². The van der Waals surface area contributed by atoms with Crippen LogP contribution in [0.3, 0.4) is 0 Å². The van der Waals surface area contributed by atoms with E-state index in [4.69, 9.17) is 33.3 Å². The van der Waals surface area contributed by atoms with Gasteiger partial charge in [-0.25, -0.2) is 14.1 Å². The van der Waals surface area contributed by atoms with E-state index in [9.17, 15) is 18.8 Å². The molecule has 1 heterocycles. The molecule has 0 unspecified atom stereocenters. The molecule has 1 aliphatic heterocycles. The van der Waals surface area contributed by atoms with Crippen molar-refractivity contribution in [1.82, 2.24) is 0 Å². The molecule has 28 heavy (non-hydrogen) atoms. The first-order valence-corrected chi connectivity index (χ1v) is 9.56. The van der Waals surface area contributed by atoms with E-state index in [2.05, 4.69) is 0 Å². The Labute approximate surface area is 171 Å². The van der Waals surface area contributed by atoms with Crippen LogP contribution >= 0.6 is 23.8 Å². The highest BCUT2D eigenvalue weighted by Gasteiger charge is 2.41. The molecule has 6 nitrogen and oxygen atoms in total. The topological polar surface area (TPSA) is 72.9 Å². The predicted molar refractivity (Wildman–Crippen MR) is 104 cm³/mol. The number of benzene rings is 1. The summed E-state index contributed by atoms with van der Waals surface area (Å²) in [7, 11) is 0. The van der Waals surface area contributed by atoms with Gasteiger partial charge in [-0.1, -0.05) is 11.6 Å². The molecule has 9 heteroatoms. The summed E-state index contributed by atoms with van der Waals surface area (Å²) in [6.07, 6.45) is 2.62. The van der Waals surface area contributed by atoms with E-state index in [1.54, 1.807) is 6.92 Å². The maximum absolute atomic E-state index is 14.6. The average molecular weight is 426 g/mol. The summed E-state index contributed by atoms with van der Waals surface area (Å²) in [4.78, 5) is 37.6. The van der Waals surface area contributed by atoms with Gasteiger partial charge < -0.3 is 9.47 Å². The Balaban J connectivity index is 1.88. The van der Waals surface area contributed by atoms with Crippen molar-refractivity contribution in [1.29, 1.82) is 0 Å². The van der Waals surface area contributed by atoms with Crippen LogP contribution in [0, 0.1) is 5.82 Å². The highest BCUT2D eigenvalue weighted by molar-refractivity contribution is 7.80. The number of hydrogen-bond donors (Lipinski definition) is 0. The molecule has 0 saturated heterocycles. The normalized spacial score (nSPS) is 16.3. The van der Waals surface area contributed by atoms with Gasteiger partial charge in [-0.15, -0.1) is 0 Å². The minimum Gasteiger partial charge on any atom is -0.471 e. The molecule has 3 rings (SSSR count). The molecule has 0 bridgehead atoms. The number of carbonyl (C=O) groups is 3. The quantitative estimate of drug-likeness (QED) is 0.408. The second-order valence-electron chi connectivity index (χ2n) is 6.27. The van der Waals surface area contributed by atoms with Gasteiger partial charge in [0.25, 0.3) is 11.8 Å². The molecule has 148 valence electrons. The van der Waals surface area contributed by atoms with Crippen LogP contribution in [0.4, 0.5) is 10.1 Å². The zero-order chi connectivity index (χ0) is 20.4. The third kappa shape index (κ3) is 3.79. The molecule has 0 spiro atoms. The van der Waals surface area contributed by atoms with E-state index in [1.807, 2.05) is 0 Å². The molecular weight excluding hydrogens is 409 g/mol. The van der Waals surface area contributed by atoms with Gasteiger partial charge in [0, 0.05) is 16.7 Å². The van der Waals surface area contributed by atoms with Crippen LogP contribution in [0.2, 0.25) is 5.02 Å². The monoisotopic (exact) mass is 425 g/mol. The van der Waals surface area contributed by atoms with Gasteiger partial charge in [0.2, 0.25) is 0 Å². The second-order valence-corrected chi connectivity index (χ2v) is 7.05. The van der Waals surface area contributed by atoms with Gasteiger partial charge in [0.05, 0.1) is 17.3 Å². The van der Waals surface area contributed by atoms with Crippen LogP contribution in [0.25, 0.3) is 0 Å². The summed E-state index contributed by atoms with van der Waals surface area (Å²) in [6, 6.07) is 2.16. The van der Waals surface area contributed by atoms with Crippen molar-refractivity contribution >= 4 is 52.3 Å². The Hall–Kier alpha value is -2.32. The maximum Gasteiger partial charge on any atom is 0.344 e. The molecule has 0 atom stereocenters. The van der Waals surface area contributed by atoms with E-state index in [0.29, 0.717) is 24.0 Å². The SMILES string of the molecule is CCOC(=O)COC(=S)c1cc(N2C(=O)C3=C(CCCC3)C2=O)c(F)cc1Cl. The fourth-order valence-electron chi connectivity index (χ4n) is 3.23. The number of amides is 2. The molecule has 0 aromatic heterocycles. The number of carbonyl (C=O) groups excluding carboxylic acids is 3. The van der Waals surface area contributed by atoms with Gasteiger partial charge >= 0.3 is 5.97 Å². The Morgan fingerprint density at radius 3 is 2.36 bits per heavy atom. The third-order valence-corrected chi connectivity index (χ3v) is 5.16. The lowest BCUT2D eigenvalue weighted by Gasteiger charge is -2.18. The highest BCUT2D eigenvalue weighted by atomic mass is 35.5. The molecule has 0 radical (unpaired) electrons. The van der Waals surface area contributed by atoms with Crippen molar-refractivity contribution in [2.45, 2.75) is 32.6 Å². The molecule has 0 saturated carbocycles. The number of rotatable bonds is 5. The number of halogens is 2. The summed E-state index contributed by atoms with van der Waals surface area (Å²) in [5.41, 5.74) is 0.732. The average Bonchev–Trinajstić information content (AvgIpc) is 2.92. The third-order valence-electron chi connectivity index (χ3n) is 4.51. The molecular formula is C19H17ClFNO5S. The molecule has 1 aromatic carbocycles. The summed E-state index contributed by atoms with van der Waals surface area (Å²) in [5.74, 6) is -2.50. The largest absolute Gasteiger partial charge is 0.471 e. The van der Waals surface area contributed by atoms with Crippen molar-refractivity contribution in [2.75, 3.05) is 18.1 Å². The van der Waals surface area contributed by atoms with Gasteiger partial charge in [-0.2, -0.15) is 0 Å². The van der Waals surface area contributed by atoms with Gasteiger partial charge in [-0.3, -0.25) is 9.59 Å². The number of anilines is 1. The Bertz CT molecular complexity index is 886. The smallest absolute Gasteiger partial charge is 0.344 e. The van der Waals surface area contributed by atoms with Gasteiger partial charge in [-0.05, 0) is 57.0 Å². The fraction of sp³-hybridized carbons (Fsp3) is 0.368. The molecule has 2 aliphatic rings. The fourth-order valence-corrected chi connectivity index (χ4v) is 3.75. The first kappa shape index (κ1) is 20.4. The molecule has 0 N–H and O–H groups in total. The van der Waals surface area contributed by atoms with Crippen LogP contribution < -0.4 is 4.90 Å². The van der Waals surface area contributed by atoms with E-state index in [-0.39, 0.29) is 27.9 Å². The van der Waals surface area contributed by atoms with Crippen molar-refractivity contribution in [2.24, 2.45) is 0 Å². The predicted octanol–water partition coefficient (Wildman–Crippen LogP) is 3.48. The molecule has 0 fully saturated rings. The maximum atomic E-state index is 14.6. The Kier molecular flexibility index (Phi) is 6.10. The van der Waals surface area contributed by atoms with Crippen molar-refractivity contribution in [3.05, 3.63) is 39.7 Å². The standard InChI is InChI=1S/C19H17ClFNO5S/c1-2-26-16(23)9-27-19(28)12-7-15(14(21)8-13(12)20)22-17(24)10-5-3-4-6-11(10)18(22)25/h7-8H,2-6,9H2,1H3. The zero-order valence-corrected chi connectivity index (χ0v) is 16.6. The molecule has 1 aliphatic carbocycles. The van der Waals surface area contributed by atoms with Gasteiger partial charge in [0.15, 0.2) is 11.7 Å². The highest BCUT2D eigenvalue weighted by Crippen LogP contribution is 2.38. The van der Waals surface area contributed by atoms with E-state index in [0.717, 1.165) is 23.8 Å². The number of thiocarbonyl (C=S) groups is 1. The lowest BCUT2D eigenvalue weighted by atomic mass is 9.93. The Morgan fingerprint density at radius 1 is 1.18 bits per heavy atom. The summed E-state index contributed by atoms with van der Waals surface area (Å²) >= 11 is 11.2. The number of esters is 1. The van der Waals surface area contributed by atoms with Crippen molar-refractivity contribution in [3.63, 3.8) is 0 Å². The van der Waals surface area contributed by atoms with E-state index in [1.165, 1.54) is 6.07 Å². The minimum absolute atomic E-state index is 0.0630. The number of imide groups is 1. The lowest BCUT2D eigenvalue weighted by Crippen LogP contribution is -2.32. The lowest BCUT2D eigenvalue weighted by molar-refractivity contribution is -0.145. The van der Waals surface area contributed by atoms with Crippen LogP contribution in [0.5, 0.6) is 0 Å². The van der Waals surface area contributed by atoms with E-state index < -0.39 is 30.2 Å². The summed E-state index contributed by atoms with van der Waals surface area (Å²) < 4.78 is 24.5. The minimum atomic E-state index is -0.830.